The van der Waals surface area contributed by atoms with E-state index >= 15 is 0 Å². The van der Waals surface area contributed by atoms with Crippen LogP contribution in [-0.2, 0) is 0 Å². The summed E-state index contributed by atoms with van der Waals surface area (Å²) < 4.78 is 16.0. The summed E-state index contributed by atoms with van der Waals surface area (Å²) in [7, 11) is 4.61. The molecule has 0 saturated heterocycles. The van der Waals surface area contributed by atoms with Crippen molar-refractivity contribution in [2.75, 3.05) is 21.3 Å². The molecule has 0 radical (unpaired) electrons. The van der Waals surface area contributed by atoms with Crippen molar-refractivity contribution in [1.29, 1.82) is 0 Å². The standard InChI is InChI=1S/C21H19ClN2O4/c1-12-20(24-16-11-14(22)6-7-15(16)23-12)17(25)8-5-13-9-18(26-2)21(28-4)19(10-13)27-3/h5-11H,1-4H3/b8-5+. The lowest BCUT2D eigenvalue weighted by Gasteiger charge is -2.12. The molecule has 6 nitrogen and oxygen atoms in total. The number of ketones is 1. The molecule has 0 saturated carbocycles. The van der Waals surface area contributed by atoms with E-state index in [0.29, 0.717) is 39.0 Å². The molecule has 144 valence electrons. The number of benzene rings is 2. The van der Waals surface area contributed by atoms with Crippen LogP contribution < -0.4 is 14.2 Å². The molecule has 2 aromatic carbocycles. The maximum Gasteiger partial charge on any atom is 0.206 e. The van der Waals surface area contributed by atoms with E-state index in [4.69, 9.17) is 25.8 Å². The lowest BCUT2D eigenvalue weighted by molar-refractivity contribution is 0.104. The minimum Gasteiger partial charge on any atom is -0.493 e. The monoisotopic (exact) mass is 398 g/mol. The fourth-order valence-electron chi connectivity index (χ4n) is 2.80. The first kappa shape index (κ1) is 19.6. The van der Waals surface area contributed by atoms with E-state index in [1.807, 2.05) is 0 Å². The van der Waals surface area contributed by atoms with Crippen molar-refractivity contribution in [3.05, 3.63) is 58.4 Å². The molecule has 0 aliphatic heterocycles. The molecule has 0 spiro atoms. The third-order valence-corrected chi connectivity index (χ3v) is 4.38. The molecule has 0 atom stereocenters. The van der Waals surface area contributed by atoms with Gasteiger partial charge in [-0.25, -0.2) is 9.97 Å². The number of methoxy groups -OCH3 is 3. The molecule has 1 aromatic heterocycles. The normalized spacial score (nSPS) is 11.0. The molecule has 0 bridgehead atoms. The number of hydrogen-bond donors (Lipinski definition) is 0. The van der Waals surface area contributed by atoms with Gasteiger partial charge in [0.25, 0.3) is 0 Å². The van der Waals surface area contributed by atoms with Gasteiger partial charge in [0.2, 0.25) is 11.5 Å². The molecule has 0 amide bonds. The Morgan fingerprint density at radius 1 is 0.964 bits per heavy atom. The number of aromatic nitrogens is 2. The van der Waals surface area contributed by atoms with Gasteiger partial charge in [-0.2, -0.15) is 0 Å². The van der Waals surface area contributed by atoms with Gasteiger partial charge in [0.1, 0.15) is 5.69 Å². The van der Waals surface area contributed by atoms with Crippen LogP contribution in [0.15, 0.2) is 36.4 Å². The van der Waals surface area contributed by atoms with Crippen LogP contribution in [0.1, 0.15) is 21.7 Å². The van der Waals surface area contributed by atoms with E-state index in [1.54, 1.807) is 43.3 Å². The molecule has 0 fully saturated rings. The summed E-state index contributed by atoms with van der Waals surface area (Å²) in [5, 5.41) is 0.539. The summed E-state index contributed by atoms with van der Waals surface area (Å²) in [6.07, 6.45) is 3.10. The quantitative estimate of drug-likeness (QED) is 0.449. The van der Waals surface area contributed by atoms with Crippen LogP contribution in [0.5, 0.6) is 17.2 Å². The molecule has 28 heavy (non-hydrogen) atoms. The summed E-state index contributed by atoms with van der Waals surface area (Å²) in [4.78, 5) is 21.6. The van der Waals surface area contributed by atoms with Gasteiger partial charge in [-0.05, 0) is 48.9 Å². The Labute approximate surface area is 167 Å². The topological polar surface area (TPSA) is 70.5 Å². The van der Waals surface area contributed by atoms with Gasteiger partial charge in [0, 0.05) is 5.02 Å². The minimum absolute atomic E-state index is 0.263. The van der Waals surface area contributed by atoms with Gasteiger partial charge in [0.15, 0.2) is 11.5 Å². The van der Waals surface area contributed by atoms with Gasteiger partial charge >= 0.3 is 0 Å². The highest BCUT2D eigenvalue weighted by atomic mass is 35.5. The van der Waals surface area contributed by atoms with Gasteiger partial charge in [-0.15, -0.1) is 0 Å². The van der Waals surface area contributed by atoms with Crippen molar-refractivity contribution in [3.8, 4) is 17.2 Å². The number of halogens is 1. The number of rotatable bonds is 6. The van der Waals surface area contributed by atoms with E-state index in [1.165, 1.54) is 27.4 Å². The van der Waals surface area contributed by atoms with Crippen LogP contribution in [0.25, 0.3) is 17.1 Å². The van der Waals surface area contributed by atoms with Crippen molar-refractivity contribution < 1.29 is 19.0 Å². The third-order valence-electron chi connectivity index (χ3n) is 4.15. The highest BCUT2D eigenvalue weighted by Gasteiger charge is 2.14. The largest absolute Gasteiger partial charge is 0.493 e. The highest BCUT2D eigenvalue weighted by molar-refractivity contribution is 6.31. The Hall–Kier alpha value is -3.12. The number of hydrogen-bond acceptors (Lipinski definition) is 6. The Kier molecular flexibility index (Phi) is 5.80. The molecule has 0 N–H and O–H groups in total. The van der Waals surface area contributed by atoms with Crippen molar-refractivity contribution in [3.63, 3.8) is 0 Å². The Morgan fingerprint density at radius 2 is 1.64 bits per heavy atom. The van der Waals surface area contributed by atoms with E-state index in [0.717, 1.165) is 5.56 Å². The van der Waals surface area contributed by atoms with E-state index in [-0.39, 0.29) is 11.5 Å². The molecule has 0 aliphatic rings. The average molecular weight is 399 g/mol. The fourth-order valence-corrected chi connectivity index (χ4v) is 2.96. The van der Waals surface area contributed by atoms with Gasteiger partial charge in [-0.1, -0.05) is 17.7 Å². The molecule has 0 unspecified atom stereocenters. The summed E-state index contributed by atoms with van der Waals surface area (Å²) >= 11 is 6.01. The number of ether oxygens (including phenoxy) is 3. The van der Waals surface area contributed by atoms with Crippen LogP contribution in [0.3, 0.4) is 0 Å². The lowest BCUT2D eigenvalue weighted by Crippen LogP contribution is -2.04. The van der Waals surface area contributed by atoms with Crippen LogP contribution in [0.2, 0.25) is 5.02 Å². The summed E-state index contributed by atoms with van der Waals surface area (Å²) in [6, 6.07) is 8.71. The number of allylic oxidation sites excluding steroid dienone is 1. The van der Waals surface area contributed by atoms with Crippen molar-refractivity contribution in [1.82, 2.24) is 9.97 Å². The zero-order valence-electron chi connectivity index (χ0n) is 15.9. The highest BCUT2D eigenvalue weighted by Crippen LogP contribution is 2.38. The zero-order chi connectivity index (χ0) is 20.3. The van der Waals surface area contributed by atoms with Gasteiger partial charge in [-0.3, -0.25) is 4.79 Å². The number of nitrogens with zero attached hydrogens (tertiary/aromatic N) is 2. The fraction of sp³-hybridized carbons (Fsp3) is 0.190. The number of carbonyl (C=O) groups excluding carboxylic acids is 1. The molecule has 3 rings (SSSR count). The van der Waals surface area contributed by atoms with E-state index < -0.39 is 0 Å². The Balaban J connectivity index is 1.95. The summed E-state index contributed by atoms with van der Waals surface area (Å²) in [5.41, 5.74) is 2.81. The second-order valence-electron chi connectivity index (χ2n) is 5.95. The second-order valence-corrected chi connectivity index (χ2v) is 6.38. The Bertz CT molecular complexity index is 1050. The van der Waals surface area contributed by atoms with Crippen molar-refractivity contribution >= 4 is 34.5 Å². The van der Waals surface area contributed by atoms with Crippen molar-refractivity contribution in [2.24, 2.45) is 0 Å². The van der Waals surface area contributed by atoms with Gasteiger partial charge < -0.3 is 14.2 Å². The van der Waals surface area contributed by atoms with Crippen LogP contribution in [0, 0.1) is 6.92 Å². The third kappa shape index (κ3) is 3.92. The maximum atomic E-state index is 12.7. The number of carbonyl (C=O) groups is 1. The van der Waals surface area contributed by atoms with Gasteiger partial charge in [0.05, 0.1) is 38.1 Å². The second kappa shape index (κ2) is 8.27. The first-order valence-corrected chi connectivity index (χ1v) is 8.81. The average Bonchev–Trinajstić information content (AvgIpc) is 2.70. The lowest BCUT2D eigenvalue weighted by atomic mass is 10.1. The number of aryl methyl sites for hydroxylation is 1. The maximum absolute atomic E-state index is 12.7. The van der Waals surface area contributed by atoms with Crippen LogP contribution in [0.4, 0.5) is 0 Å². The Morgan fingerprint density at radius 3 is 2.25 bits per heavy atom. The molecular formula is C21H19ClN2O4. The van der Waals surface area contributed by atoms with E-state index in [2.05, 4.69) is 9.97 Å². The zero-order valence-corrected chi connectivity index (χ0v) is 16.7. The molecule has 7 heteroatoms. The molecule has 3 aromatic rings. The minimum atomic E-state index is -0.263. The first-order valence-electron chi connectivity index (χ1n) is 8.43. The molecule has 1 heterocycles. The summed E-state index contributed by atoms with van der Waals surface area (Å²) in [5.74, 6) is 1.23. The summed E-state index contributed by atoms with van der Waals surface area (Å²) in [6.45, 7) is 1.75. The molecule has 0 aliphatic carbocycles. The smallest absolute Gasteiger partial charge is 0.206 e. The first-order chi connectivity index (χ1) is 13.5. The predicted octanol–water partition coefficient (Wildman–Crippen LogP) is 4.51. The predicted molar refractivity (Wildman–Crippen MR) is 109 cm³/mol. The molecular weight excluding hydrogens is 380 g/mol. The van der Waals surface area contributed by atoms with Crippen molar-refractivity contribution in [2.45, 2.75) is 6.92 Å². The SMILES string of the molecule is COc1cc(/C=C/C(=O)c2nc3cc(Cl)ccc3nc2C)cc(OC)c1OC. The number of fused-ring (bicyclic) bond motifs is 1. The van der Waals surface area contributed by atoms with E-state index in [9.17, 15) is 4.79 Å². The van der Waals surface area contributed by atoms with Crippen LogP contribution >= 0.6 is 11.6 Å². The van der Waals surface area contributed by atoms with Crippen LogP contribution in [-0.4, -0.2) is 37.1 Å².